The molecular weight excluding hydrogens is 416 g/mol. The van der Waals surface area contributed by atoms with Crippen molar-refractivity contribution in [1.29, 1.82) is 0 Å². The van der Waals surface area contributed by atoms with Crippen LogP contribution < -0.4 is 16.4 Å². The van der Waals surface area contributed by atoms with Crippen LogP contribution >= 0.6 is 12.6 Å². The van der Waals surface area contributed by atoms with Crippen LogP contribution in [-0.4, -0.2) is 83.7 Å². The maximum atomic E-state index is 13.1. The quantitative estimate of drug-likeness (QED) is 0.211. The Morgan fingerprint density at radius 2 is 1.87 bits per heavy atom. The second-order valence-electron chi connectivity index (χ2n) is 8.26. The minimum Gasteiger partial charge on any atom is -0.480 e. The zero-order valence-corrected chi connectivity index (χ0v) is 19.6. The zero-order chi connectivity index (χ0) is 23.4. The minimum absolute atomic E-state index is 0.0410. The molecule has 1 aromatic rings. The Hall–Kier alpha value is -1.65. The molecule has 0 fully saturated rings. The van der Waals surface area contributed by atoms with E-state index in [1.807, 2.05) is 42.3 Å². The first kappa shape index (κ1) is 27.4. The van der Waals surface area contributed by atoms with Crippen molar-refractivity contribution >= 4 is 24.5 Å². The number of likely N-dealkylation sites (N-methyl/N-ethyl adjacent to an activating group) is 1. The average Bonchev–Trinajstić information content (AvgIpc) is 2.74. The number of rotatable bonds is 15. The summed E-state index contributed by atoms with van der Waals surface area (Å²) in [7, 11) is 1.87. The lowest BCUT2D eigenvalue weighted by Gasteiger charge is -2.34. The average molecular weight is 455 g/mol. The second-order valence-corrected chi connectivity index (χ2v) is 8.62. The molecule has 0 saturated heterocycles. The fraction of sp³-hybridized carbons (Fsp3) is 0.636. The molecule has 8 nitrogen and oxygen atoms in total. The van der Waals surface area contributed by atoms with Crippen LogP contribution in [0.15, 0.2) is 30.3 Å². The standard InChI is InChI=1S/C22H38N4O4S/c1-15(2)19(24-12-17(23)14-31)13-26(3)20(11-16-7-5-4-6-8-16)21(28)25-18(9-10-27)22(29)30/h4-8,15,17-20,24,27,31H,9-14,23H2,1-3H3,(H,25,28)(H,29,30)/t17-,18+,19-,20+/m1/s1. The van der Waals surface area contributed by atoms with Gasteiger partial charge in [0.25, 0.3) is 0 Å². The van der Waals surface area contributed by atoms with E-state index in [-0.39, 0.29) is 31.0 Å². The van der Waals surface area contributed by atoms with E-state index in [9.17, 15) is 14.7 Å². The molecule has 0 bridgehead atoms. The summed E-state index contributed by atoms with van der Waals surface area (Å²) < 4.78 is 0. The van der Waals surface area contributed by atoms with Gasteiger partial charge in [0.2, 0.25) is 5.91 Å². The smallest absolute Gasteiger partial charge is 0.326 e. The summed E-state index contributed by atoms with van der Waals surface area (Å²) in [6.45, 7) is 5.09. The molecule has 0 aliphatic rings. The van der Waals surface area contributed by atoms with E-state index in [2.05, 4.69) is 37.1 Å². The highest BCUT2D eigenvalue weighted by atomic mass is 32.1. The third kappa shape index (κ3) is 10.0. The molecule has 0 unspecified atom stereocenters. The summed E-state index contributed by atoms with van der Waals surface area (Å²) in [6, 6.07) is 7.96. The third-order valence-corrected chi connectivity index (χ3v) is 5.77. The molecule has 0 aliphatic carbocycles. The van der Waals surface area contributed by atoms with Gasteiger partial charge in [0.1, 0.15) is 6.04 Å². The van der Waals surface area contributed by atoms with Crippen LogP contribution in [0.25, 0.3) is 0 Å². The van der Waals surface area contributed by atoms with Gasteiger partial charge in [-0.05, 0) is 24.9 Å². The molecule has 9 heteroatoms. The Morgan fingerprint density at radius 3 is 2.39 bits per heavy atom. The van der Waals surface area contributed by atoms with Crippen LogP contribution in [0.5, 0.6) is 0 Å². The van der Waals surface area contributed by atoms with Crippen molar-refractivity contribution in [2.24, 2.45) is 11.7 Å². The molecule has 0 radical (unpaired) electrons. The molecule has 1 amide bonds. The lowest BCUT2D eigenvalue weighted by molar-refractivity contribution is -0.143. The fourth-order valence-corrected chi connectivity index (χ4v) is 3.39. The number of hydrogen-bond acceptors (Lipinski definition) is 7. The molecule has 4 atom stereocenters. The molecule has 31 heavy (non-hydrogen) atoms. The number of hydrogen-bond donors (Lipinski definition) is 6. The number of aliphatic carboxylic acids is 1. The van der Waals surface area contributed by atoms with Gasteiger partial charge in [-0.1, -0.05) is 44.2 Å². The van der Waals surface area contributed by atoms with Gasteiger partial charge in [0.05, 0.1) is 6.04 Å². The molecule has 1 aromatic carbocycles. The Kier molecular flexibility index (Phi) is 12.7. The minimum atomic E-state index is -1.16. The van der Waals surface area contributed by atoms with E-state index in [0.29, 0.717) is 31.2 Å². The summed E-state index contributed by atoms with van der Waals surface area (Å²) in [6.07, 6.45) is 0.399. The van der Waals surface area contributed by atoms with Gasteiger partial charge in [-0.15, -0.1) is 0 Å². The summed E-state index contributed by atoms with van der Waals surface area (Å²) >= 11 is 4.23. The topological polar surface area (TPSA) is 128 Å². The van der Waals surface area contributed by atoms with E-state index in [0.717, 1.165) is 5.56 Å². The molecule has 1 rings (SSSR count). The maximum Gasteiger partial charge on any atom is 0.326 e. The van der Waals surface area contributed by atoms with Crippen LogP contribution in [-0.2, 0) is 16.0 Å². The van der Waals surface area contributed by atoms with Gasteiger partial charge >= 0.3 is 5.97 Å². The van der Waals surface area contributed by atoms with Gasteiger partial charge in [0, 0.05) is 44.0 Å². The van der Waals surface area contributed by atoms with Crippen LogP contribution in [0.1, 0.15) is 25.8 Å². The predicted molar refractivity (Wildman–Crippen MR) is 126 cm³/mol. The first-order valence-corrected chi connectivity index (χ1v) is 11.3. The van der Waals surface area contributed by atoms with Crippen LogP contribution in [0.4, 0.5) is 0 Å². The first-order chi connectivity index (χ1) is 14.7. The lowest BCUT2D eigenvalue weighted by atomic mass is 9.99. The Bertz CT molecular complexity index is 662. The summed E-state index contributed by atoms with van der Waals surface area (Å²) in [4.78, 5) is 26.5. The van der Waals surface area contributed by atoms with Crippen LogP contribution in [0.3, 0.4) is 0 Å². The number of carbonyl (C=O) groups is 2. The molecule has 0 heterocycles. The van der Waals surface area contributed by atoms with Gasteiger partial charge in [0.15, 0.2) is 0 Å². The van der Waals surface area contributed by atoms with E-state index in [1.54, 1.807) is 0 Å². The van der Waals surface area contributed by atoms with Crippen molar-refractivity contribution in [3.05, 3.63) is 35.9 Å². The predicted octanol–water partition coefficient (Wildman–Crippen LogP) is 0.353. The lowest BCUT2D eigenvalue weighted by Crippen LogP contribution is -2.55. The van der Waals surface area contributed by atoms with Crippen molar-refractivity contribution in [1.82, 2.24) is 15.5 Å². The Balaban J connectivity index is 2.99. The highest BCUT2D eigenvalue weighted by Crippen LogP contribution is 2.12. The molecule has 176 valence electrons. The number of nitrogens with zero attached hydrogens (tertiary/aromatic N) is 1. The van der Waals surface area contributed by atoms with Crippen molar-refractivity contribution in [3.63, 3.8) is 0 Å². The number of carboxylic acid groups (broad SMARTS) is 1. The van der Waals surface area contributed by atoms with Crippen LogP contribution in [0.2, 0.25) is 0 Å². The number of nitrogens with one attached hydrogen (secondary N) is 2. The van der Waals surface area contributed by atoms with Crippen molar-refractivity contribution in [2.75, 3.05) is 32.5 Å². The van der Waals surface area contributed by atoms with E-state index in [4.69, 9.17) is 10.8 Å². The number of nitrogens with two attached hydrogens (primary N) is 1. The van der Waals surface area contributed by atoms with Gasteiger partial charge < -0.3 is 26.6 Å². The zero-order valence-electron chi connectivity index (χ0n) is 18.7. The number of thiol groups is 1. The molecule has 0 aromatic heterocycles. The van der Waals surface area contributed by atoms with Crippen molar-refractivity contribution in [3.8, 4) is 0 Å². The number of carbonyl (C=O) groups excluding carboxylic acids is 1. The molecule has 0 saturated carbocycles. The van der Waals surface area contributed by atoms with Gasteiger partial charge in [-0.2, -0.15) is 12.6 Å². The largest absolute Gasteiger partial charge is 0.480 e. The van der Waals surface area contributed by atoms with E-state index >= 15 is 0 Å². The van der Waals surface area contributed by atoms with Gasteiger partial charge in [-0.25, -0.2) is 4.79 Å². The first-order valence-electron chi connectivity index (χ1n) is 10.7. The maximum absolute atomic E-state index is 13.1. The third-order valence-electron chi connectivity index (χ3n) is 5.31. The SMILES string of the molecule is CC(C)[C@@H](CN(C)[C@@H](Cc1ccccc1)C(=O)N[C@@H](CCO)C(=O)O)NC[C@@H](N)CS. The van der Waals surface area contributed by atoms with E-state index < -0.39 is 18.1 Å². The molecule has 0 aliphatic heterocycles. The van der Waals surface area contributed by atoms with Crippen molar-refractivity contribution < 1.29 is 19.8 Å². The number of aliphatic hydroxyl groups excluding tert-OH is 1. The Labute approximate surface area is 191 Å². The number of amides is 1. The fourth-order valence-electron chi connectivity index (χ4n) is 3.26. The second kappa shape index (κ2) is 14.4. The Morgan fingerprint density at radius 1 is 1.23 bits per heavy atom. The molecule has 6 N–H and O–H groups in total. The number of carboxylic acids is 1. The van der Waals surface area contributed by atoms with E-state index in [1.165, 1.54) is 0 Å². The summed E-state index contributed by atoms with van der Waals surface area (Å²) in [5.41, 5.74) is 6.96. The van der Waals surface area contributed by atoms with Gasteiger partial charge in [-0.3, -0.25) is 9.69 Å². The summed E-state index contributed by atoms with van der Waals surface area (Å²) in [5, 5.41) is 24.5. The molecular formula is C22H38N4O4S. The number of aliphatic hydroxyl groups is 1. The molecule has 0 spiro atoms. The van der Waals surface area contributed by atoms with Crippen LogP contribution in [0, 0.1) is 5.92 Å². The summed E-state index contributed by atoms with van der Waals surface area (Å²) in [5.74, 6) is -0.655. The van der Waals surface area contributed by atoms with Crippen molar-refractivity contribution in [2.45, 2.75) is 50.9 Å². The monoisotopic (exact) mass is 454 g/mol. The number of benzene rings is 1. The highest BCUT2D eigenvalue weighted by molar-refractivity contribution is 7.80. The highest BCUT2D eigenvalue weighted by Gasteiger charge is 2.30. The normalized spacial score (nSPS) is 15.5.